The fraction of sp³-hybridized carbons (Fsp3) is 0.196. The van der Waals surface area contributed by atoms with E-state index in [-0.39, 0.29) is 0 Å². The van der Waals surface area contributed by atoms with Crippen molar-refractivity contribution in [3.63, 3.8) is 0 Å². The van der Waals surface area contributed by atoms with Crippen LogP contribution < -0.4 is 0 Å². The first kappa shape index (κ1) is 30.2. The number of hydrogen-bond donors (Lipinski definition) is 0. The van der Waals surface area contributed by atoms with Gasteiger partial charge in [-0.25, -0.2) is 4.98 Å². The van der Waals surface area contributed by atoms with E-state index in [0.29, 0.717) is 5.41 Å². The van der Waals surface area contributed by atoms with Crippen molar-refractivity contribution in [1.82, 2.24) is 18.7 Å². The molecule has 0 saturated heterocycles. The second kappa shape index (κ2) is 11.0. The first-order chi connectivity index (χ1) is 27.2. The summed E-state index contributed by atoms with van der Waals surface area (Å²) < 4.78 is 7.21. The lowest BCUT2D eigenvalue weighted by atomic mass is 9.48. The molecule has 4 nitrogen and oxygen atoms in total. The van der Waals surface area contributed by atoms with Crippen LogP contribution in [-0.2, 0) is 5.41 Å². The molecule has 4 aliphatic carbocycles. The maximum absolute atomic E-state index is 5.26. The molecule has 4 bridgehead atoms. The van der Waals surface area contributed by atoms with Crippen LogP contribution in [0.1, 0.15) is 44.1 Å². The largest absolute Gasteiger partial charge is 0.309 e. The van der Waals surface area contributed by atoms with Gasteiger partial charge in [-0.2, -0.15) is 0 Å². The Morgan fingerprint density at radius 2 is 0.873 bits per heavy atom. The Hall–Kier alpha value is -6.13. The van der Waals surface area contributed by atoms with E-state index in [0.717, 1.165) is 46.0 Å². The number of fused-ring (bicyclic) bond motifs is 9. The van der Waals surface area contributed by atoms with Gasteiger partial charge in [-0.05, 0) is 128 Å². The zero-order valence-electron chi connectivity index (χ0n) is 30.7. The molecular formula is C51H40N4. The summed E-state index contributed by atoms with van der Waals surface area (Å²) in [4.78, 5) is 5.26. The summed E-state index contributed by atoms with van der Waals surface area (Å²) in [6.45, 7) is 0. The van der Waals surface area contributed by atoms with Crippen molar-refractivity contribution in [2.45, 2.75) is 43.9 Å². The molecule has 14 rings (SSSR count). The van der Waals surface area contributed by atoms with Crippen LogP contribution in [0, 0.1) is 17.8 Å². The lowest BCUT2D eigenvalue weighted by Gasteiger charge is -2.57. The first-order valence-electron chi connectivity index (χ1n) is 20.2. The average molecular weight is 709 g/mol. The number of nitrogens with zero attached hydrogens (tertiary/aromatic N) is 4. The van der Waals surface area contributed by atoms with Gasteiger partial charge >= 0.3 is 0 Å². The molecule has 6 aromatic carbocycles. The maximum Gasteiger partial charge on any atom is 0.137 e. The molecule has 0 spiro atoms. The molecular weight excluding hydrogens is 669 g/mol. The van der Waals surface area contributed by atoms with Crippen molar-refractivity contribution in [2.24, 2.45) is 17.8 Å². The predicted molar refractivity (Wildman–Crippen MR) is 227 cm³/mol. The number of para-hydroxylation sites is 4. The van der Waals surface area contributed by atoms with E-state index in [1.807, 2.05) is 0 Å². The summed E-state index contributed by atoms with van der Waals surface area (Å²) in [5, 5.41) is 7.63. The molecule has 4 heterocycles. The fourth-order valence-corrected chi connectivity index (χ4v) is 12.2. The van der Waals surface area contributed by atoms with Gasteiger partial charge in [0.25, 0.3) is 0 Å². The molecule has 4 heteroatoms. The van der Waals surface area contributed by atoms with Crippen LogP contribution in [0.5, 0.6) is 0 Å². The molecule has 4 saturated carbocycles. The van der Waals surface area contributed by atoms with E-state index in [2.05, 4.69) is 165 Å². The van der Waals surface area contributed by atoms with Gasteiger partial charge in [0.1, 0.15) is 5.82 Å². The number of benzene rings is 6. The highest BCUT2D eigenvalue weighted by Gasteiger charge is 2.51. The van der Waals surface area contributed by atoms with E-state index >= 15 is 0 Å². The molecule has 4 aromatic heterocycles. The Labute approximate surface area is 319 Å². The lowest BCUT2D eigenvalue weighted by Crippen LogP contribution is -2.48. The van der Waals surface area contributed by atoms with Crippen LogP contribution in [-0.4, -0.2) is 18.7 Å². The van der Waals surface area contributed by atoms with Gasteiger partial charge in [0.05, 0.1) is 45.0 Å². The zero-order valence-corrected chi connectivity index (χ0v) is 30.7. The van der Waals surface area contributed by atoms with E-state index in [1.54, 1.807) is 5.56 Å². The van der Waals surface area contributed by atoms with Crippen LogP contribution in [0.25, 0.3) is 82.6 Å². The third-order valence-electron chi connectivity index (χ3n) is 14.0. The minimum atomic E-state index is 0.351. The molecule has 10 aromatic rings. The van der Waals surface area contributed by atoms with Gasteiger partial charge in [-0.1, -0.05) is 84.9 Å². The molecule has 55 heavy (non-hydrogen) atoms. The van der Waals surface area contributed by atoms with Gasteiger partial charge in [0.15, 0.2) is 0 Å². The van der Waals surface area contributed by atoms with Gasteiger partial charge in [0, 0.05) is 38.0 Å². The Kier molecular flexibility index (Phi) is 6.03. The second-order valence-electron chi connectivity index (χ2n) is 17.1. The van der Waals surface area contributed by atoms with E-state index in [4.69, 9.17) is 4.98 Å². The summed E-state index contributed by atoms with van der Waals surface area (Å²) in [5.74, 6) is 3.69. The molecule has 4 aliphatic rings. The van der Waals surface area contributed by atoms with E-state index in [1.165, 1.54) is 92.9 Å². The molecule has 0 atom stereocenters. The molecule has 0 N–H and O–H groups in total. The highest BCUT2D eigenvalue weighted by atomic mass is 15.1. The monoisotopic (exact) mass is 708 g/mol. The summed E-state index contributed by atoms with van der Waals surface area (Å²) >= 11 is 0. The lowest BCUT2D eigenvalue weighted by molar-refractivity contribution is -0.00513. The number of rotatable bonds is 4. The van der Waals surface area contributed by atoms with Crippen LogP contribution in [0.2, 0.25) is 0 Å². The second-order valence-corrected chi connectivity index (χ2v) is 17.1. The Balaban J connectivity index is 0.957. The van der Waals surface area contributed by atoms with Crippen molar-refractivity contribution in [3.8, 4) is 17.2 Å². The number of pyridine rings is 1. The zero-order chi connectivity index (χ0) is 35.8. The molecule has 4 fully saturated rings. The quantitative estimate of drug-likeness (QED) is 0.179. The molecule has 0 aliphatic heterocycles. The van der Waals surface area contributed by atoms with Gasteiger partial charge < -0.3 is 9.13 Å². The molecule has 0 amide bonds. The highest BCUT2D eigenvalue weighted by Crippen LogP contribution is 2.61. The van der Waals surface area contributed by atoms with Crippen molar-refractivity contribution >= 4 is 65.4 Å². The van der Waals surface area contributed by atoms with E-state index in [9.17, 15) is 0 Å². The van der Waals surface area contributed by atoms with Crippen LogP contribution in [0.15, 0.2) is 152 Å². The summed E-state index contributed by atoms with van der Waals surface area (Å²) in [6, 6.07) is 54.0. The third-order valence-corrected chi connectivity index (χ3v) is 14.0. The number of hydrogen-bond acceptors (Lipinski definition) is 1. The Morgan fingerprint density at radius 1 is 0.400 bits per heavy atom. The maximum atomic E-state index is 5.26. The predicted octanol–water partition coefficient (Wildman–Crippen LogP) is 12.8. The van der Waals surface area contributed by atoms with Crippen molar-refractivity contribution < 1.29 is 0 Å². The normalized spacial score (nSPS) is 22.0. The third kappa shape index (κ3) is 4.20. The van der Waals surface area contributed by atoms with Crippen molar-refractivity contribution in [2.75, 3.05) is 0 Å². The fourth-order valence-electron chi connectivity index (χ4n) is 12.2. The summed E-state index contributed by atoms with van der Waals surface area (Å²) in [7, 11) is 0. The van der Waals surface area contributed by atoms with Gasteiger partial charge in [0.2, 0.25) is 0 Å². The standard InChI is InChI=1S/C51H40N4/c1-5-13-44-38(9-1)39-10-2-6-14-45(39)53(44)36-18-21-48-43(27-36)41-12-4-8-16-47(41)55(48)50-22-19-37(31-52-50)54-46-15-7-3-11-40(46)42-20-17-35(26-49(42)54)51-28-32-23-33(29-51)25-34(24-32)30-51/h1-22,26-27,31-34H,23-25,28-30H2. The first-order valence-corrected chi connectivity index (χ1v) is 20.2. The number of aromatic nitrogens is 4. The van der Waals surface area contributed by atoms with Crippen molar-refractivity contribution in [3.05, 3.63) is 157 Å². The minimum Gasteiger partial charge on any atom is -0.309 e. The van der Waals surface area contributed by atoms with Crippen LogP contribution in [0.4, 0.5) is 0 Å². The average Bonchev–Trinajstić information content (AvgIpc) is 3.86. The summed E-state index contributed by atoms with van der Waals surface area (Å²) in [6.07, 6.45) is 10.6. The van der Waals surface area contributed by atoms with Gasteiger partial charge in [-0.3, -0.25) is 4.57 Å². The molecule has 0 radical (unpaired) electrons. The SMILES string of the molecule is c1ccc2c(c1)c1ccccc1n2-c1ccc2c(c1)c1ccccc1n2-c1ccc(-n2c3ccccc3c3ccc(C45CC6CC(CC(C6)C4)C5)cc32)cn1. The van der Waals surface area contributed by atoms with Crippen LogP contribution >= 0.6 is 0 Å². The Morgan fingerprint density at radius 3 is 1.44 bits per heavy atom. The van der Waals surface area contributed by atoms with E-state index < -0.39 is 0 Å². The molecule has 264 valence electrons. The van der Waals surface area contributed by atoms with Crippen molar-refractivity contribution in [1.29, 1.82) is 0 Å². The topological polar surface area (TPSA) is 27.7 Å². The minimum absolute atomic E-state index is 0.351. The highest BCUT2D eigenvalue weighted by molar-refractivity contribution is 6.12. The molecule has 0 unspecified atom stereocenters. The smallest absolute Gasteiger partial charge is 0.137 e. The van der Waals surface area contributed by atoms with Gasteiger partial charge in [-0.15, -0.1) is 0 Å². The van der Waals surface area contributed by atoms with Crippen LogP contribution in [0.3, 0.4) is 0 Å². The Bertz CT molecular complexity index is 3100. The summed E-state index contributed by atoms with van der Waals surface area (Å²) in [5.41, 5.74) is 11.5.